The molecule has 0 aliphatic heterocycles. The average Bonchev–Trinajstić information content (AvgIpc) is 2.75. The summed E-state index contributed by atoms with van der Waals surface area (Å²) in [5.41, 5.74) is 7.19. The quantitative estimate of drug-likeness (QED) is 0.933. The minimum atomic E-state index is 0.0218. The van der Waals surface area contributed by atoms with Crippen LogP contribution < -0.4 is 5.73 Å². The van der Waals surface area contributed by atoms with Crippen molar-refractivity contribution in [1.82, 2.24) is 10.1 Å². The largest absolute Gasteiger partial charge is 0.339 e. The van der Waals surface area contributed by atoms with Crippen molar-refractivity contribution < 1.29 is 4.52 Å². The maximum atomic E-state index is 6.11. The van der Waals surface area contributed by atoms with Gasteiger partial charge in [-0.05, 0) is 36.1 Å². The Morgan fingerprint density at radius 3 is 2.50 bits per heavy atom. The molecule has 1 atom stereocenters. The highest BCUT2D eigenvalue weighted by molar-refractivity contribution is 6.30. The van der Waals surface area contributed by atoms with Crippen molar-refractivity contribution in [3.05, 3.63) is 35.2 Å². The van der Waals surface area contributed by atoms with Crippen molar-refractivity contribution in [3.63, 3.8) is 0 Å². The van der Waals surface area contributed by atoms with Gasteiger partial charge in [0.2, 0.25) is 11.7 Å². The van der Waals surface area contributed by atoms with Gasteiger partial charge in [0.1, 0.15) is 0 Å². The maximum Gasteiger partial charge on any atom is 0.228 e. The van der Waals surface area contributed by atoms with Gasteiger partial charge in [0.25, 0.3) is 0 Å². The van der Waals surface area contributed by atoms with Crippen molar-refractivity contribution in [2.75, 3.05) is 0 Å². The Hall–Kier alpha value is -1.39. The predicted octanol–water partition coefficient (Wildman–Crippen LogP) is 3.70. The summed E-state index contributed by atoms with van der Waals surface area (Å²) in [5, 5.41) is 4.67. The average molecular weight is 294 g/mol. The molecule has 5 heteroatoms. The third kappa shape index (κ3) is 4.32. The topological polar surface area (TPSA) is 64.9 Å². The van der Waals surface area contributed by atoms with Gasteiger partial charge in [-0.15, -0.1) is 0 Å². The molecule has 1 unspecified atom stereocenters. The second-order valence-electron chi connectivity index (χ2n) is 6.25. The van der Waals surface area contributed by atoms with Crippen molar-refractivity contribution in [3.8, 4) is 11.4 Å². The smallest absolute Gasteiger partial charge is 0.228 e. The lowest BCUT2D eigenvalue weighted by Gasteiger charge is -2.21. The standard InChI is InChI=1S/C15H20ClN3O/c1-15(2,3)9-12(17)8-13-18-14(19-20-13)10-4-6-11(16)7-5-10/h4-7,12H,8-9,17H2,1-3H3. The molecule has 2 N–H and O–H groups in total. The summed E-state index contributed by atoms with van der Waals surface area (Å²) in [6.45, 7) is 6.50. The zero-order valence-corrected chi connectivity index (χ0v) is 12.8. The van der Waals surface area contributed by atoms with E-state index in [2.05, 4.69) is 30.9 Å². The fourth-order valence-electron chi connectivity index (χ4n) is 2.14. The Balaban J connectivity index is 2.04. The Morgan fingerprint density at radius 2 is 1.90 bits per heavy atom. The summed E-state index contributed by atoms with van der Waals surface area (Å²) in [7, 11) is 0. The molecule has 0 aliphatic rings. The van der Waals surface area contributed by atoms with Gasteiger partial charge in [0.15, 0.2) is 0 Å². The van der Waals surface area contributed by atoms with Crippen LogP contribution in [0.3, 0.4) is 0 Å². The molecule has 1 aromatic heterocycles. The number of rotatable bonds is 4. The molecular formula is C15H20ClN3O. The first-order valence-corrected chi connectivity index (χ1v) is 7.05. The van der Waals surface area contributed by atoms with Crippen LogP contribution in [-0.2, 0) is 6.42 Å². The molecular weight excluding hydrogens is 274 g/mol. The number of benzene rings is 1. The second-order valence-corrected chi connectivity index (χ2v) is 6.68. The molecule has 20 heavy (non-hydrogen) atoms. The third-order valence-corrected chi connectivity index (χ3v) is 3.13. The minimum absolute atomic E-state index is 0.0218. The lowest BCUT2D eigenvalue weighted by molar-refractivity contribution is 0.313. The molecule has 2 rings (SSSR count). The molecule has 0 bridgehead atoms. The van der Waals surface area contributed by atoms with Crippen molar-refractivity contribution >= 4 is 11.6 Å². The van der Waals surface area contributed by atoms with Crippen molar-refractivity contribution in [1.29, 1.82) is 0 Å². The first-order valence-electron chi connectivity index (χ1n) is 6.67. The van der Waals surface area contributed by atoms with E-state index in [-0.39, 0.29) is 11.5 Å². The van der Waals surface area contributed by atoms with Gasteiger partial charge in [-0.25, -0.2) is 0 Å². The van der Waals surface area contributed by atoms with Gasteiger partial charge in [-0.1, -0.05) is 37.5 Å². The van der Waals surface area contributed by atoms with Gasteiger partial charge in [-0.2, -0.15) is 4.98 Å². The molecule has 4 nitrogen and oxygen atoms in total. The van der Waals surface area contributed by atoms with E-state index in [0.717, 1.165) is 12.0 Å². The minimum Gasteiger partial charge on any atom is -0.339 e. The van der Waals surface area contributed by atoms with Gasteiger partial charge in [-0.3, -0.25) is 0 Å². The highest BCUT2D eigenvalue weighted by Gasteiger charge is 2.18. The van der Waals surface area contributed by atoms with Crippen LogP contribution in [0.15, 0.2) is 28.8 Å². The summed E-state index contributed by atoms with van der Waals surface area (Å²) >= 11 is 5.85. The normalized spacial score (nSPS) is 13.4. The van der Waals surface area contributed by atoms with Gasteiger partial charge in [0, 0.05) is 23.0 Å². The van der Waals surface area contributed by atoms with Crippen LogP contribution in [0.2, 0.25) is 5.02 Å². The Kier molecular flexibility index (Phi) is 4.45. The molecule has 2 aromatic rings. The zero-order valence-electron chi connectivity index (χ0n) is 12.1. The predicted molar refractivity (Wildman–Crippen MR) is 80.5 cm³/mol. The van der Waals surface area contributed by atoms with Crippen LogP contribution in [0.5, 0.6) is 0 Å². The first-order chi connectivity index (χ1) is 9.33. The molecule has 108 valence electrons. The fraction of sp³-hybridized carbons (Fsp3) is 0.467. The lowest BCUT2D eigenvalue weighted by Crippen LogP contribution is -2.28. The molecule has 0 aliphatic carbocycles. The van der Waals surface area contributed by atoms with Crippen LogP contribution in [0.1, 0.15) is 33.1 Å². The van der Waals surface area contributed by atoms with E-state index in [1.807, 2.05) is 12.1 Å². The highest BCUT2D eigenvalue weighted by atomic mass is 35.5. The van der Waals surface area contributed by atoms with Gasteiger partial charge in [0.05, 0.1) is 0 Å². The number of halogens is 1. The van der Waals surface area contributed by atoms with E-state index in [4.69, 9.17) is 21.9 Å². The van der Waals surface area contributed by atoms with E-state index in [0.29, 0.717) is 23.2 Å². The summed E-state index contributed by atoms with van der Waals surface area (Å²) in [5.74, 6) is 1.14. The van der Waals surface area contributed by atoms with Crippen molar-refractivity contribution in [2.24, 2.45) is 11.1 Å². The van der Waals surface area contributed by atoms with E-state index < -0.39 is 0 Å². The maximum absolute atomic E-state index is 6.11. The number of hydrogen-bond donors (Lipinski definition) is 1. The summed E-state index contributed by atoms with van der Waals surface area (Å²) in [6, 6.07) is 7.36. The molecule has 1 aromatic carbocycles. The van der Waals surface area contributed by atoms with Gasteiger partial charge >= 0.3 is 0 Å². The molecule has 0 saturated carbocycles. The van der Waals surface area contributed by atoms with Crippen LogP contribution in [-0.4, -0.2) is 16.2 Å². The van der Waals surface area contributed by atoms with E-state index in [9.17, 15) is 0 Å². The number of hydrogen-bond acceptors (Lipinski definition) is 4. The fourth-order valence-corrected chi connectivity index (χ4v) is 2.26. The van der Waals surface area contributed by atoms with Crippen LogP contribution in [0, 0.1) is 5.41 Å². The summed E-state index contributed by atoms with van der Waals surface area (Å²) in [4.78, 5) is 4.38. The highest BCUT2D eigenvalue weighted by Crippen LogP contribution is 2.22. The molecule has 0 saturated heterocycles. The van der Waals surface area contributed by atoms with Gasteiger partial charge < -0.3 is 10.3 Å². The Morgan fingerprint density at radius 1 is 1.25 bits per heavy atom. The molecule has 1 heterocycles. The summed E-state index contributed by atoms with van der Waals surface area (Å²) in [6.07, 6.45) is 1.50. The number of nitrogens with two attached hydrogens (primary N) is 1. The number of aromatic nitrogens is 2. The monoisotopic (exact) mass is 293 g/mol. The third-order valence-electron chi connectivity index (χ3n) is 2.88. The Bertz CT molecular complexity index is 557. The Labute approximate surface area is 124 Å². The molecule has 0 amide bonds. The van der Waals surface area contributed by atoms with E-state index in [1.165, 1.54) is 0 Å². The second kappa shape index (κ2) is 5.94. The lowest BCUT2D eigenvalue weighted by atomic mass is 9.87. The SMILES string of the molecule is CC(C)(C)CC(N)Cc1nc(-c2ccc(Cl)cc2)no1. The van der Waals surface area contributed by atoms with E-state index >= 15 is 0 Å². The van der Waals surface area contributed by atoms with Crippen LogP contribution >= 0.6 is 11.6 Å². The molecule has 0 spiro atoms. The van der Waals surface area contributed by atoms with Crippen LogP contribution in [0.25, 0.3) is 11.4 Å². The molecule has 0 radical (unpaired) electrons. The number of nitrogens with zero attached hydrogens (tertiary/aromatic N) is 2. The molecule has 0 fully saturated rings. The first kappa shape index (κ1) is 15.0. The summed E-state index contributed by atoms with van der Waals surface area (Å²) < 4.78 is 5.26. The van der Waals surface area contributed by atoms with Crippen LogP contribution in [0.4, 0.5) is 0 Å². The van der Waals surface area contributed by atoms with Crippen molar-refractivity contribution in [2.45, 2.75) is 39.7 Å². The zero-order chi connectivity index (χ0) is 14.8. The van der Waals surface area contributed by atoms with E-state index in [1.54, 1.807) is 12.1 Å².